The molecule has 138 valence electrons. The Hall–Kier alpha value is -2.64. The molecule has 0 bridgehead atoms. The van der Waals surface area contributed by atoms with E-state index >= 15 is 0 Å². The number of nitrogens with one attached hydrogen (secondary N) is 2. The van der Waals surface area contributed by atoms with Gasteiger partial charge in [-0.15, -0.1) is 0 Å². The number of benzene rings is 1. The molecule has 0 atom stereocenters. The van der Waals surface area contributed by atoms with Gasteiger partial charge in [0.25, 0.3) is 11.5 Å². The van der Waals surface area contributed by atoms with E-state index in [1.807, 2.05) is 31.2 Å². The molecule has 0 radical (unpaired) electrons. The van der Waals surface area contributed by atoms with Crippen molar-refractivity contribution in [1.82, 2.24) is 14.9 Å². The highest BCUT2D eigenvalue weighted by Crippen LogP contribution is 2.07. The largest absolute Gasteiger partial charge is 0.379 e. The fourth-order valence-corrected chi connectivity index (χ4v) is 2.75. The smallest absolute Gasteiger partial charge is 0.271 e. The first-order chi connectivity index (χ1) is 12.6. The van der Waals surface area contributed by atoms with E-state index in [9.17, 15) is 9.59 Å². The summed E-state index contributed by atoms with van der Waals surface area (Å²) in [4.78, 5) is 26.6. The lowest BCUT2D eigenvalue weighted by atomic mass is 10.2. The van der Waals surface area contributed by atoms with Crippen molar-refractivity contribution in [2.75, 3.05) is 38.3 Å². The van der Waals surface area contributed by atoms with E-state index in [1.165, 1.54) is 6.07 Å². The van der Waals surface area contributed by atoms with Crippen LogP contribution in [-0.4, -0.2) is 48.2 Å². The molecule has 7 nitrogen and oxygen atoms in total. The van der Waals surface area contributed by atoms with Gasteiger partial charge in [-0.25, -0.2) is 0 Å². The molecule has 2 heterocycles. The Morgan fingerprint density at radius 1 is 1.08 bits per heavy atom. The van der Waals surface area contributed by atoms with Crippen LogP contribution in [0.25, 0.3) is 0 Å². The lowest BCUT2D eigenvalue weighted by Crippen LogP contribution is -2.39. The number of hydrogen-bond acceptors (Lipinski definition) is 5. The fourth-order valence-electron chi connectivity index (χ4n) is 2.75. The summed E-state index contributed by atoms with van der Waals surface area (Å²) < 4.78 is 6.91. The first kappa shape index (κ1) is 18.2. The Labute approximate surface area is 152 Å². The number of carbonyl (C=O) groups excluding carboxylic acids is 1. The summed E-state index contributed by atoms with van der Waals surface area (Å²) >= 11 is 0. The molecule has 0 unspecified atom stereocenters. The van der Waals surface area contributed by atoms with Gasteiger partial charge in [-0.05, 0) is 25.1 Å². The molecule has 26 heavy (non-hydrogen) atoms. The second-order valence-electron chi connectivity index (χ2n) is 6.35. The number of hydrazine groups is 1. The quantitative estimate of drug-likeness (QED) is 0.762. The molecule has 0 spiro atoms. The zero-order valence-electron chi connectivity index (χ0n) is 14.9. The maximum Gasteiger partial charge on any atom is 0.271 e. The molecule has 0 aliphatic carbocycles. The summed E-state index contributed by atoms with van der Waals surface area (Å²) in [7, 11) is 0. The summed E-state index contributed by atoms with van der Waals surface area (Å²) in [5.74, 6) is -0.286. The number of aryl methyl sites for hydroxylation is 1. The van der Waals surface area contributed by atoms with Crippen LogP contribution in [0.2, 0.25) is 0 Å². The van der Waals surface area contributed by atoms with Gasteiger partial charge in [0.05, 0.1) is 24.5 Å². The maximum absolute atomic E-state index is 12.3. The van der Waals surface area contributed by atoms with Crippen LogP contribution in [0.1, 0.15) is 15.9 Å². The average Bonchev–Trinajstić information content (AvgIpc) is 2.67. The zero-order valence-corrected chi connectivity index (χ0v) is 14.9. The van der Waals surface area contributed by atoms with E-state index in [2.05, 4.69) is 15.8 Å². The number of aromatic nitrogens is 1. The lowest BCUT2D eigenvalue weighted by molar-refractivity contribution is 0.0363. The van der Waals surface area contributed by atoms with Gasteiger partial charge in [0.1, 0.15) is 0 Å². The summed E-state index contributed by atoms with van der Waals surface area (Å²) in [5.41, 5.74) is 7.80. The van der Waals surface area contributed by atoms with E-state index < -0.39 is 0 Å². The van der Waals surface area contributed by atoms with Crippen molar-refractivity contribution in [3.63, 3.8) is 0 Å². The number of carbonyl (C=O) groups is 1. The first-order valence-electron chi connectivity index (χ1n) is 8.75. The van der Waals surface area contributed by atoms with Gasteiger partial charge in [0.15, 0.2) is 0 Å². The Kier molecular flexibility index (Phi) is 6.04. The maximum atomic E-state index is 12.3. The molecule has 1 fully saturated rings. The molecule has 1 amide bonds. The van der Waals surface area contributed by atoms with E-state index in [-0.39, 0.29) is 11.5 Å². The van der Waals surface area contributed by atoms with Gasteiger partial charge in [-0.1, -0.05) is 17.7 Å². The Bertz CT molecular complexity index is 795. The van der Waals surface area contributed by atoms with Gasteiger partial charge in [-0.3, -0.25) is 25.3 Å². The molecule has 7 heteroatoms. The second kappa shape index (κ2) is 8.64. The third kappa shape index (κ3) is 4.93. The molecule has 2 aromatic rings. The Balaban J connectivity index is 1.59. The molecule has 1 aliphatic rings. The zero-order chi connectivity index (χ0) is 18.4. The van der Waals surface area contributed by atoms with Crippen molar-refractivity contribution >= 4 is 11.6 Å². The highest BCUT2D eigenvalue weighted by atomic mass is 16.5. The van der Waals surface area contributed by atoms with Crippen molar-refractivity contribution in [2.45, 2.75) is 13.5 Å². The lowest BCUT2D eigenvalue weighted by Gasteiger charge is -2.26. The van der Waals surface area contributed by atoms with Gasteiger partial charge < -0.3 is 9.30 Å². The SMILES string of the molecule is Cc1ccc(NNC(=O)c2ccc(=O)n(CCN3CCOCC3)c2)cc1. The van der Waals surface area contributed by atoms with Crippen LogP contribution in [0.4, 0.5) is 5.69 Å². The molecule has 0 saturated carbocycles. The fraction of sp³-hybridized carbons (Fsp3) is 0.368. The third-order valence-corrected chi connectivity index (χ3v) is 4.38. The van der Waals surface area contributed by atoms with Crippen LogP contribution in [0, 0.1) is 6.92 Å². The molecule has 1 aromatic heterocycles. The van der Waals surface area contributed by atoms with Gasteiger partial charge in [0, 0.05) is 38.4 Å². The molecule has 1 aromatic carbocycles. The van der Waals surface area contributed by atoms with Crippen LogP contribution in [-0.2, 0) is 11.3 Å². The van der Waals surface area contributed by atoms with Crippen molar-refractivity contribution in [1.29, 1.82) is 0 Å². The highest BCUT2D eigenvalue weighted by Gasteiger charge is 2.11. The minimum absolute atomic E-state index is 0.110. The molecular formula is C19H24N4O3. The minimum atomic E-state index is -0.286. The van der Waals surface area contributed by atoms with Crippen molar-refractivity contribution < 1.29 is 9.53 Å². The van der Waals surface area contributed by atoms with Crippen molar-refractivity contribution in [3.05, 3.63) is 64.1 Å². The molecular weight excluding hydrogens is 332 g/mol. The number of ether oxygens (including phenoxy) is 1. The van der Waals surface area contributed by atoms with Gasteiger partial charge in [0.2, 0.25) is 0 Å². The van der Waals surface area contributed by atoms with Crippen molar-refractivity contribution in [3.8, 4) is 0 Å². The van der Waals surface area contributed by atoms with Crippen LogP contribution in [0.5, 0.6) is 0 Å². The van der Waals surface area contributed by atoms with Gasteiger partial charge >= 0.3 is 0 Å². The minimum Gasteiger partial charge on any atom is -0.379 e. The van der Waals surface area contributed by atoms with E-state index in [4.69, 9.17) is 4.74 Å². The summed E-state index contributed by atoms with van der Waals surface area (Å²) in [6, 6.07) is 10.7. The number of amides is 1. The number of rotatable bonds is 6. The van der Waals surface area contributed by atoms with Gasteiger partial charge in [-0.2, -0.15) is 0 Å². The number of morpholine rings is 1. The van der Waals surface area contributed by atoms with Crippen molar-refractivity contribution in [2.24, 2.45) is 0 Å². The van der Waals surface area contributed by atoms with E-state index in [0.717, 1.165) is 44.1 Å². The second-order valence-corrected chi connectivity index (χ2v) is 6.35. The highest BCUT2D eigenvalue weighted by molar-refractivity contribution is 5.94. The molecule has 1 saturated heterocycles. The van der Waals surface area contributed by atoms with Crippen LogP contribution in [0.15, 0.2) is 47.4 Å². The number of hydrogen-bond donors (Lipinski definition) is 2. The number of pyridine rings is 1. The van der Waals surface area contributed by atoms with Crippen LogP contribution >= 0.6 is 0 Å². The molecule has 3 rings (SSSR count). The van der Waals surface area contributed by atoms with E-state index in [0.29, 0.717) is 12.1 Å². The molecule has 2 N–H and O–H groups in total. The Morgan fingerprint density at radius 3 is 2.54 bits per heavy atom. The van der Waals surface area contributed by atoms with E-state index in [1.54, 1.807) is 16.8 Å². The number of nitrogens with zero attached hydrogens (tertiary/aromatic N) is 2. The predicted molar refractivity (Wildman–Crippen MR) is 100 cm³/mol. The molecule has 1 aliphatic heterocycles. The summed E-state index contributed by atoms with van der Waals surface area (Å²) in [6.07, 6.45) is 1.61. The monoisotopic (exact) mass is 356 g/mol. The summed E-state index contributed by atoms with van der Waals surface area (Å²) in [6.45, 7) is 6.50. The standard InChI is InChI=1S/C19H24N4O3/c1-15-2-5-17(6-3-15)20-21-19(25)16-4-7-18(24)23(14-16)9-8-22-10-12-26-13-11-22/h2-7,14,20H,8-13H2,1H3,(H,21,25). The topological polar surface area (TPSA) is 75.6 Å². The third-order valence-electron chi connectivity index (χ3n) is 4.38. The normalized spacial score (nSPS) is 14.8. The van der Waals surface area contributed by atoms with Crippen LogP contribution < -0.4 is 16.4 Å². The first-order valence-corrected chi connectivity index (χ1v) is 8.75. The Morgan fingerprint density at radius 2 is 1.81 bits per heavy atom. The number of anilines is 1. The van der Waals surface area contributed by atoms with Crippen LogP contribution in [0.3, 0.4) is 0 Å². The predicted octanol–water partition coefficient (Wildman–Crippen LogP) is 1.25. The average molecular weight is 356 g/mol. The summed E-state index contributed by atoms with van der Waals surface area (Å²) in [5, 5.41) is 0.